The van der Waals surface area contributed by atoms with Crippen molar-refractivity contribution < 1.29 is 9.90 Å². The number of nitrogens with zero attached hydrogens (tertiary/aromatic N) is 1. The Kier molecular flexibility index (Phi) is 4.69. The molecular formula is C17H23NO2S. The summed E-state index contributed by atoms with van der Waals surface area (Å²) in [6, 6.07) is 10.8. The van der Waals surface area contributed by atoms with Gasteiger partial charge in [-0.25, -0.2) is 0 Å². The molecule has 0 spiro atoms. The molecule has 1 unspecified atom stereocenters. The maximum atomic E-state index is 10.9. The van der Waals surface area contributed by atoms with Crippen molar-refractivity contribution >= 4 is 27.4 Å². The van der Waals surface area contributed by atoms with Crippen LogP contribution >= 0.6 is 11.3 Å². The number of carbonyl (C=O) groups is 1. The monoisotopic (exact) mass is 305 g/mol. The SMILES string of the molecule is CC(c1cc2ccccc2s1)N(CCC(=O)O)C(C)(C)C. The first-order chi connectivity index (χ1) is 9.79. The standard InChI is InChI=1S/C17H23NO2S/c1-12(18(17(2,3)4)10-9-16(19)20)15-11-13-7-5-6-8-14(13)21-15/h5-8,11-12H,9-10H2,1-4H3,(H,19,20). The maximum absolute atomic E-state index is 10.9. The lowest BCUT2D eigenvalue weighted by atomic mass is 10.0. The molecule has 0 aliphatic carbocycles. The topological polar surface area (TPSA) is 40.5 Å². The van der Waals surface area contributed by atoms with E-state index in [9.17, 15) is 4.79 Å². The van der Waals surface area contributed by atoms with E-state index in [4.69, 9.17) is 5.11 Å². The molecule has 1 atom stereocenters. The number of fused-ring (bicyclic) bond motifs is 1. The van der Waals surface area contributed by atoms with Gasteiger partial charge in [-0.15, -0.1) is 11.3 Å². The van der Waals surface area contributed by atoms with Crippen LogP contribution in [0.2, 0.25) is 0 Å². The minimum absolute atomic E-state index is 0.0644. The molecule has 0 amide bonds. The van der Waals surface area contributed by atoms with Crippen molar-refractivity contribution in [2.75, 3.05) is 6.54 Å². The fourth-order valence-electron chi connectivity index (χ4n) is 2.69. The molecule has 2 rings (SSSR count). The molecule has 1 heterocycles. The van der Waals surface area contributed by atoms with E-state index in [0.717, 1.165) is 0 Å². The quantitative estimate of drug-likeness (QED) is 0.881. The highest BCUT2D eigenvalue weighted by Crippen LogP contribution is 2.35. The van der Waals surface area contributed by atoms with Crippen LogP contribution in [-0.2, 0) is 4.79 Å². The fourth-order valence-corrected chi connectivity index (χ4v) is 3.82. The molecule has 0 bridgehead atoms. The first-order valence-corrected chi connectivity index (χ1v) is 8.07. The Bertz CT molecular complexity index is 594. The molecule has 0 radical (unpaired) electrons. The Labute approximate surface area is 130 Å². The van der Waals surface area contributed by atoms with Crippen molar-refractivity contribution in [2.24, 2.45) is 0 Å². The van der Waals surface area contributed by atoms with Crippen LogP contribution in [0.5, 0.6) is 0 Å². The second-order valence-corrected chi connectivity index (χ2v) is 7.49. The van der Waals surface area contributed by atoms with Crippen LogP contribution in [0.15, 0.2) is 30.3 Å². The number of aliphatic carboxylic acids is 1. The molecule has 1 aromatic heterocycles. The van der Waals surface area contributed by atoms with Gasteiger partial charge < -0.3 is 5.11 Å². The van der Waals surface area contributed by atoms with Crippen LogP contribution in [0.4, 0.5) is 0 Å². The normalized spacial score (nSPS) is 13.8. The van der Waals surface area contributed by atoms with Gasteiger partial charge in [-0.3, -0.25) is 9.69 Å². The van der Waals surface area contributed by atoms with Crippen LogP contribution in [-0.4, -0.2) is 28.1 Å². The van der Waals surface area contributed by atoms with Crippen molar-refractivity contribution in [3.63, 3.8) is 0 Å². The van der Waals surface area contributed by atoms with Crippen molar-refractivity contribution in [3.05, 3.63) is 35.2 Å². The summed E-state index contributed by atoms with van der Waals surface area (Å²) in [4.78, 5) is 14.5. The zero-order valence-corrected chi connectivity index (χ0v) is 13.9. The predicted molar refractivity (Wildman–Crippen MR) is 89.0 cm³/mol. The van der Waals surface area contributed by atoms with Crippen LogP contribution < -0.4 is 0 Å². The molecular weight excluding hydrogens is 282 g/mol. The van der Waals surface area contributed by atoms with Gasteiger partial charge in [0, 0.05) is 27.7 Å². The summed E-state index contributed by atoms with van der Waals surface area (Å²) in [6.45, 7) is 9.14. The molecule has 0 fully saturated rings. The molecule has 0 saturated carbocycles. The smallest absolute Gasteiger partial charge is 0.304 e. The maximum Gasteiger partial charge on any atom is 0.304 e. The number of hydrogen-bond donors (Lipinski definition) is 1. The Morgan fingerprint density at radius 2 is 2.00 bits per heavy atom. The Balaban J connectivity index is 2.28. The molecule has 2 aromatic rings. The lowest BCUT2D eigenvalue weighted by Crippen LogP contribution is -2.43. The average Bonchev–Trinajstić information content (AvgIpc) is 2.80. The highest BCUT2D eigenvalue weighted by molar-refractivity contribution is 7.19. The van der Waals surface area contributed by atoms with E-state index in [2.05, 4.69) is 62.9 Å². The Hall–Kier alpha value is -1.39. The van der Waals surface area contributed by atoms with E-state index in [0.29, 0.717) is 6.54 Å². The van der Waals surface area contributed by atoms with E-state index < -0.39 is 5.97 Å². The molecule has 3 nitrogen and oxygen atoms in total. The molecule has 0 saturated heterocycles. The second kappa shape index (κ2) is 6.16. The zero-order chi connectivity index (χ0) is 15.6. The van der Waals surface area contributed by atoms with Gasteiger partial charge in [0.25, 0.3) is 0 Å². The van der Waals surface area contributed by atoms with Crippen LogP contribution in [0.3, 0.4) is 0 Å². The predicted octanol–water partition coefficient (Wildman–Crippen LogP) is 4.54. The summed E-state index contributed by atoms with van der Waals surface area (Å²) in [5, 5.41) is 10.2. The summed E-state index contributed by atoms with van der Waals surface area (Å²) in [5.74, 6) is -0.743. The Morgan fingerprint density at radius 1 is 1.33 bits per heavy atom. The lowest BCUT2D eigenvalue weighted by Gasteiger charge is -2.39. The van der Waals surface area contributed by atoms with E-state index in [1.54, 1.807) is 11.3 Å². The van der Waals surface area contributed by atoms with E-state index in [1.165, 1.54) is 15.0 Å². The van der Waals surface area contributed by atoms with Crippen molar-refractivity contribution in [1.82, 2.24) is 4.90 Å². The van der Waals surface area contributed by atoms with Crippen LogP contribution in [0.25, 0.3) is 10.1 Å². The Morgan fingerprint density at radius 3 is 2.57 bits per heavy atom. The summed E-state index contributed by atoms with van der Waals surface area (Å²) in [6.07, 6.45) is 0.173. The van der Waals surface area contributed by atoms with E-state index >= 15 is 0 Å². The highest BCUT2D eigenvalue weighted by atomic mass is 32.1. The number of carboxylic acid groups (broad SMARTS) is 1. The zero-order valence-electron chi connectivity index (χ0n) is 13.1. The third-order valence-electron chi connectivity index (χ3n) is 3.75. The number of hydrogen-bond acceptors (Lipinski definition) is 3. The average molecular weight is 305 g/mol. The summed E-state index contributed by atoms with van der Waals surface area (Å²) < 4.78 is 1.28. The summed E-state index contributed by atoms with van der Waals surface area (Å²) in [7, 11) is 0. The van der Waals surface area contributed by atoms with Gasteiger partial charge in [-0.05, 0) is 45.2 Å². The summed E-state index contributed by atoms with van der Waals surface area (Å²) >= 11 is 1.79. The van der Waals surface area contributed by atoms with Gasteiger partial charge in [0.15, 0.2) is 0 Å². The third-order valence-corrected chi connectivity index (χ3v) is 5.04. The number of rotatable bonds is 5. The van der Waals surface area contributed by atoms with E-state index in [-0.39, 0.29) is 18.0 Å². The van der Waals surface area contributed by atoms with Gasteiger partial charge >= 0.3 is 5.97 Å². The van der Waals surface area contributed by atoms with Crippen LogP contribution in [0, 0.1) is 0 Å². The third kappa shape index (κ3) is 3.83. The van der Waals surface area contributed by atoms with E-state index in [1.807, 2.05) is 0 Å². The van der Waals surface area contributed by atoms with Crippen molar-refractivity contribution in [3.8, 4) is 0 Å². The lowest BCUT2D eigenvalue weighted by molar-refractivity contribution is -0.137. The largest absolute Gasteiger partial charge is 0.481 e. The first kappa shape index (κ1) is 16.0. The van der Waals surface area contributed by atoms with Gasteiger partial charge in [-0.1, -0.05) is 18.2 Å². The van der Waals surface area contributed by atoms with Gasteiger partial charge in [0.1, 0.15) is 0 Å². The minimum atomic E-state index is -0.743. The van der Waals surface area contributed by atoms with Crippen LogP contribution in [0.1, 0.15) is 45.0 Å². The molecule has 21 heavy (non-hydrogen) atoms. The molecule has 0 aliphatic rings. The molecule has 4 heteroatoms. The fraction of sp³-hybridized carbons (Fsp3) is 0.471. The number of thiophene rings is 1. The van der Waals surface area contributed by atoms with Crippen molar-refractivity contribution in [1.29, 1.82) is 0 Å². The first-order valence-electron chi connectivity index (χ1n) is 7.26. The second-order valence-electron chi connectivity index (χ2n) is 6.37. The number of benzene rings is 1. The molecule has 1 N–H and O–H groups in total. The van der Waals surface area contributed by atoms with Gasteiger partial charge in [0.2, 0.25) is 0 Å². The molecule has 0 aliphatic heterocycles. The van der Waals surface area contributed by atoms with Crippen molar-refractivity contribution in [2.45, 2.75) is 45.7 Å². The highest BCUT2D eigenvalue weighted by Gasteiger charge is 2.28. The summed E-state index contributed by atoms with van der Waals surface area (Å²) in [5.41, 5.74) is -0.0644. The molecule has 1 aromatic carbocycles. The molecule has 114 valence electrons. The van der Waals surface area contributed by atoms with Gasteiger partial charge in [-0.2, -0.15) is 0 Å². The number of carboxylic acids is 1. The van der Waals surface area contributed by atoms with Gasteiger partial charge in [0.05, 0.1) is 6.42 Å². The minimum Gasteiger partial charge on any atom is -0.481 e.